The molecular weight excluding hydrogens is 1230 g/mol. The van der Waals surface area contributed by atoms with Gasteiger partial charge >= 0.3 is 387 Å². The van der Waals surface area contributed by atoms with E-state index >= 15 is 0 Å². The topological polar surface area (TPSA) is 47.6 Å². The molecule has 312 valence electrons. The average molecular weight is 1270 g/mol. The first-order chi connectivity index (χ1) is 29.7. The zero-order valence-corrected chi connectivity index (χ0v) is 45.7. The Balaban J connectivity index is 0.000000231. The summed E-state index contributed by atoms with van der Waals surface area (Å²) in [6, 6.07) is 87.0. The molecule has 8 aromatic carbocycles. The van der Waals surface area contributed by atoms with Crippen LogP contribution < -0.4 is 34.8 Å². The second-order valence-electron chi connectivity index (χ2n) is 13.3. The van der Waals surface area contributed by atoms with Crippen LogP contribution in [0.15, 0.2) is 243 Å². The molecule has 0 radical (unpaired) electrons. The second-order valence-corrected chi connectivity index (χ2v) is 41.4. The Labute approximate surface area is 422 Å². The molecule has 0 aromatic heterocycles. The fourth-order valence-electron chi connectivity index (χ4n) is 6.88. The first-order valence-corrected chi connectivity index (χ1v) is 33.1. The van der Waals surface area contributed by atoms with Crippen LogP contribution in [-0.2, 0) is 40.8 Å². The van der Waals surface area contributed by atoms with E-state index < -0.39 is 60.3 Å². The number of benzene rings is 8. The van der Waals surface area contributed by atoms with Crippen molar-refractivity contribution in [1.82, 2.24) is 0 Å². The first-order valence-electron chi connectivity index (χ1n) is 19.4. The third-order valence-electron chi connectivity index (χ3n) is 9.53. The van der Waals surface area contributed by atoms with E-state index in [0.29, 0.717) is 0 Å². The normalized spacial score (nSPS) is 10.7. The van der Waals surface area contributed by atoms with Gasteiger partial charge in [0.25, 0.3) is 0 Å². The predicted octanol–water partition coefficient (Wildman–Crippen LogP) is 6.95. The summed E-state index contributed by atoms with van der Waals surface area (Å²) in [5, 5.41) is 25.2. The van der Waals surface area contributed by atoms with Gasteiger partial charge in [0.1, 0.15) is 0 Å². The van der Waals surface area contributed by atoms with Crippen LogP contribution in [-0.4, -0.2) is 60.3 Å². The van der Waals surface area contributed by atoms with Crippen molar-refractivity contribution in [2.75, 3.05) is 0 Å². The molecule has 0 atom stereocenters. The van der Waals surface area contributed by atoms with E-state index in [1.807, 2.05) is 24.3 Å². The average Bonchev–Trinajstić information content (AvgIpc) is 3.32. The van der Waals surface area contributed by atoms with Crippen LogP contribution in [0.2, 0.25) is 4.00 Å². The summed E-state index contributed by atoms with van der Waals surface area (Å²) in [6.07, 6.45) is 0. The van der Waals surface area contributed by atoms with Gasteiger partial charge in [-0.1, -0.05) is 0 Å². The summed E-state index contributed by atoms with van der Waals surface area (Å²) in [5.74, 6) is 0. The van der Waals surface area contributed by atoms with E-state index in [0.717, 1.165) is 0 Å². The first kappa shape index (κ1) is 50.0. The van der Waals surface area contributed by atoms with Crippen molar-refractivity contribution < 1.29 is 40.8 Å². The van der Waals surface area contributed by atoms with E-state index in [9.17, 15) is 10.5 Å². The van der Waals surface area contributed by atoms with Gasteiger partial charge in [0.05, 0.1) is 0 Å². The molecule has 10 heteroatoms. The van der Waals surface area contributed by atoms with Crippen LogP contribution in [0, 0.1) is 21.3 Å². The Morgan fingerprint density at radius 1 is 0.306 bits per heavy atom. The quantitative estimate of drug-likeness (QED) is 0.0673. The molecule has 8 rings (SSSR count). The Bertz CT molecular complexity index is 2220. The van der Waals surface area contributed by atoms with Gasteiger partial charge in [-0.3, -0.25) is 0 Å². The van der Waals surface area contributed by atoms with Crippen LogP contribution in [0.4, 0.5) is 0 Å². The number of hydrogen-bond donors (Lipinski definition) is 0. The molecule has 0 aliphatic rings. The third-order valence-corrected chi connectivity index (χ3v) is 45.5. The molecule has 0 saturated heterocycles. The van der Waals surface area contributed by atoms with Crippen LogP contribution in [0.1, 0.15) is 0 Å². The standard InChI is InChI=1S/C27H20As2N2S2.C25H22As2.2Pd/c30-21-32-27(33-22-31,28(23-13-5-1-6-14-23)24-15-7-2-8-16-24)29(25-17-9-3-10-18-25)26-19-11-4-12-20-26;1-5-13-22(14-6-1)26(23-15-7-2-8-16-23)21-27(24-17-9-3-10-18-24)25-19-11-4-12-20-25;;/h1-20H;1-20H,21H2;;. The molecule has 0 aliphatic carbocycles. The van der Waals surface area contributed by atoms with Gasteiger partial charge in [-0.05, 0) is 0 Å². The van der Waals surface area contributed by atoms with Crippen LogP contribution in [0.5, 0.6) is 0 Å². The second kappa shape index (κ2) is 26.7. The number of thiocyanates is 2. The van der Waals surface area contributed by atoms with Gasteiger partial charge in [0.2, 0.25) is 0 Å². The molecule has 2 nitrogen and oxygen atoms in total. The molecule has 0 N–H and O–H groups in total. The van der Waals surface area contributed by atoms with Crippen LogP contribution in [0.3, 0.4) is 0 Å². The molecule has 0 fully saturated rings. The van der Waals surface area contributed by atoms with Crippen molar-refractivity contribution in [2.24, 2.45) is 0 Å². The Morgan fingerprint density at radius 2 is 0.484 bits per heavy atom. The SMILES string of the molecule is N#CSC(SC#N)([As](c1ccccc1)c1ccccc1)[As](c1ccccc1)c1ccccc1.[Pd].[Pd].c1ccc([As](C[As](c2ccccc2)c2ccccc2)c2ccccc2)cc1. The van der Waals surface area contributed by atoms with Crippen molar-refractivity contribution in [3.8, 4) is 10.8 Å². The maximum atomic E-state index is 10.2. The summed E-state index contributed by atoms with van der Waals surface area (Å²) in [7, 11) is 0. The zero-order valence-electron chi connectivity index (χ0n) is 33.4. The van der Waals surface area contributed by atoms with E-state index in [2.05, 4.69) is 229 Å². The number of thioether (sulfide) groups is 2. The fraction of sp³-hybridized carbons (Fsp3) is 0.0385. The fourth-order valence-corrected chi connectivity index (χ4v) is 49.0. The van der Waals surface area contributed by atoms with Gasteiger partial charge in [-0.25, -0.2) is 0 Å². The number of nitrogens with zero attached hydrogens (tertiary/aromatic N) is 2. The van der Waals surface area contributed by atoms with Gasteiger partial charge in [-0.15, -0.1) is 0 Å². The molecule has 0 unspecified atom stereocenters. The monoisotopic (exact) mass is 1270 g/mol. The molecule has 0 heterocycles. The van der Waals surface area contributed by atoms with Crippen molar-refractivity contribution in [1.29, 1.82) is 10.5 Å². The van der Waals surface area contributed by atoms with Gasteiger partial charge < -0.3 is 0 Å². The molecule has 62 heavy (non-hydrogen) atoms. The van der Waals surface area contributed by atoms with E-state index in [1.165, 1.54) is 44.9 Å². The Hall–Kier alpha value is -3.00. The van der Waals surface area contributed by atoms with Gasteiger partial charge in [-0.2, -0.15) is 0 Å². The number of hydrogen-bond acceptors (Lipinski definition) is 4. The molecule has 8 aromatic rings. The van der Waals surface area contributed by atoms with Crippen molar-refractivity contribution >= 4 is 117 Å². The summed E-state index contributed by atoms with van der Waals surface area (Å²) in [4.78, 5) is 0. The minimum atomic E-state index is -2.19. The number of rotatable bonds is 14. The Morgan fingerprint density at radius 3 is 0.661 bits per heavy atom. The van der Waals surface area contributed by atoms with E-state index in [4.69, 9.17) is 0 Å². The molecule has 0 aliphatic heterocycles. The van der Waals surface area contributed by atoms with E-state index in [1.54, 1.807) is 17.4 Å². The third kappa shape index (κ3) is 13.1. The molecule has 0 bridgehead atoms. The van der Waals surface area contributed by atoms with Crippen molar-refractivity contribution in [3.63, 3.8) is 0 Å². The Kier molecular flexibility index (Phi) is 21.5. The summed E-state index contributed by atoms with van der Waals surface area (Å²) in [6.45, 7) is 0. The van der Waals surface area contributed by atoms with Gasteiger partial charge in [0, 0.05) is 40.8 Å². The summed E-state index contributed by atoms with van der Waals surface area (Å²) in [5.41, 5.74) is 0. The molecule has 0 saturated carbocycles. The molecular formula is C52H42As4N2Pd2S2. The van der Waals surface area contributed by atoms with Crippen molar-refractivity contribution in [2.45, 2.75) is 5.65 Å². The van der Waals surface area contributed by atoms with E-state index in [-0.39, 0.29) is 40.8 Å². The minimum absolute atomic E-state index is 0. The maximum absolute atomic E-state index is 10.2. The van der Waals surface area contributed by atoms with Crippen molar-refractivity contribution in [3.05, 3.63) is 243 Å². The molecule has 0 amide bonds. The predicted molar refractivity (Wildman–Crippen MR) is 266 cm³/mol. The zero-order chi connectivity index (χ0) is 41.2. The van der Waals surface area contributed by atoms with Crippen LogP contribution >= 0.6 is 23.5 Å². The number of nitriles is 2. The van der Waals surface area contributed by atoms with Gasteiger partial charge in [0.15, 0.2) is 0 Å². The molecule has 0 spiro atoms. The summed E-state index contributed by atoms with van der Waals surface area (Å²) >= 11 is -4.47. The summed E-state index contributed by atoms with van der Waals surface area (Å²) < 4.78 is 12.0. The van der Waals surface area contributed by atoms with Crippen LogP contribution in [0.25, 0.3) is 0 Å².